The van der Waals surface area contributed by atoms with Crippen LogP contribution < -0.4 is 11.3 Å². The van der Waals surface area contributed by atoms with E-state index in [2.05, 4.69) is 39.5 Å². The lowest BCUT2D eigenvalue weighted by atomic mass is 10.0. The van der Waals surface area contributed by atoms with Crippen LogP contribution in [0.1, 0.15) is 18.2 Å². The molecule has 7 heteroatoms. The third kappa shape index (κ3) is 3.81. The molecule has 154 valence electrons. The number of rotatable bonds is 3. The minimum Gasteiger partial charge on any atom is -0.382 e. The normalized spacial score (nSPS) is 10.6. The highest BCUT2D eigenvalue weighted by atomic mass is 16.1. The van der Waals surface area contributed by atoms with E-state index in [1.54, 1.807) is 10.6 Å². The predicted octanol–water partition coefficient (Wildman–Crippen LogP) is 4.13. The van der Waals surface area contributed by atoms with E-state index >= 15 is 0 Å². The maximum atomic E-state index is 13.0. The maximum absolute atomic E-state index is 13.0. The van der Waals surface area contributed by atoms with Gasteiger partial charge in [0.25, 0.3) is 5.56 Å². The first-order valence-electron chi connectivity index (χ1n) is 9.89. The van der Waals surface area contributed by atoms with Crippen molar-refractivity contribution in [3.63, 3.8) is 0 Å². The van der Waals surface area contributed by atoms with Crippen LogP contribution in [0.5, 0.6) is 0 Å². The van der Waals surface area contributed by atoms with Crippen LogP contribution in [-0.4, -0.2) is 24.5 Å². The van der Waals surface area contributed by atoms with E-state index < -0.39 is 0 Å². The molecule has 5 aromatic rings. The number of H-pyrrole nitrogens is 1. The standard InChI is InChI=1S/C19H17NO.C5H5N5/c1-3-14-9-8-10-15-13-16(4-2)20(19(21)18(14)15)17-11-6-5-7-12-17;6-4-3-5(9-1-7-3)10-2-8-4/h3,5-13H,1,4H2,2H3;1-2H,(H3,6,7,8,9,10). The monoisotopic (exact) mass is 410 g/mol. The largest absolute Gasteiger partial charge is 0.382 e. The Labute approximate surface area is 178 Å². The van der Waals surface area contributed by atoms with Gasteiger partial charge in [0.05, 0.1) is 11.7 Å². The molecule has 5 rings (SSSR count). The summed E-state index contributed by atoms with van der Waals surface area (Å²) in [5.74, 6) is 0.433. The van der Waals surface area contributed by atoms with Crippen LogP contribution in [0, 0.1) is 0 Å². The highest BCUT2D eigenvalue weighted by Gasteiger charge is 2.11. The first-order valence-corrected chi connectivity index (χ1v) is 9.89. The summed E-state index contributed by atoms with van der Waals surface area (Å²) in [5.41, 5.74) is 9.59. The van der Waals surface area contributed by atoms with E-state index in [9.17, 15) is 4.79 Å². The molecule has 0 amide bonds. The average molecular weight is 410 g/mol. The van der Waals surface area contributed by atoms with E-state index in [0.717, 1.165) is 34.1 Å². The molecule has 7 nitrogen and oxygen atoms in total. The van der Waals surface area contributed by atoms with Gasteiger partial charge < -0.3 is 10.7 Å². The molecular formula is C24H22N6O. The summed E-state index contributed by atoms with van der Waals surface area (Å²) in [7, 11) is 0. The van der Waals surface area contributed by atoms with Crippen molar-refractivity contribution in [3.05, 3.63) is 95.4 Å². The van der Waals surface area contributed by atoms with Crippen molar-refractivity contribution in [1.29, 1.82) is 0 Å². The van der Waals surface area contributed by atoms with Crippen LogP contribution in [0.4, 0.5) is 5.82 Å². The van der Waals surface area contributed by atoms with Crippen LogP contribution in [-0.2, 0) is 6.42 Å². The zero-order chi connectivity index (χ0) is 21.8. The van der Waals surface area contributed by atoms with Crippen LogP contribution in [0.3, 0.4) is 0 Å². The smallest absolute Gasteiger partial charge is 0.263 e. The number of nitrogens with zero attached hydrogens (tertiary/aromatic N) is 4. The number of hydrogen-bond acceptors (Lipinski definition) is 5. The maximum Gasteiger partial charge on any atom is 0.263 e. The lowest BCUT2D eigenvalue weighted by molar-refractivity contribution is 0.889. The van der Waals surface area contributed by atoms with Gasteiger partial charge >= 0.3 is 0 Å². The van der Waals surface area contributed by atoms with Crippen molar-refractivity contribution in [3.8, 4) is 5.69 Å². The molecule has 3 N–H and O–H groups in total. The second-order valence-corrected chi connectivity index (χ2v) is 6.84. The summed E-state index contributed by atoms with van der Waals surface area (Å²) in [6, 6.07) is 17.7. The van der Waals surface area contributed by atoms with Crippen LogP contribution >= 0.6 is 0 Å². The van der Waals surface area contributed by atoms with Gasteiger partial charge in [-0.1, -0.05) is 56.0 Å². The molecular weight excluding hydrogens is 388 g/mol. The number of aromatic amines is 1. The molecule has 0 aliphatic rings. The molecule has 3 aromatic heterocycles. The number of fused-ring (bicyclic) bond motifs is 2. The average Bonchev–Trinajstić information content (AvgIpc) is 3.30. The summed E-state index contributed by atoms with van der Waals surface area (Å²) in [5, 5.41) is 1.70. The predicted molar refractivity (Wildman–Crippen MR) is 125 cm³/mol. The SMILES string of the molecule is C=Cc1cccc2cc(CC)n(-c3ccccc3)c(=O)c12.Nc1ncnc2nc[nH]c12. The summed E-state index contributed by atoms with van der Waals surface area (Å²) in [4.78, 5) is 27.4. The molecule has 31 heavy (non-hydrogen) atoms. The summed E-state index contributed by atoms with van der Waals surface area (Å²) in [6.45, 7) is 5.89. The van der Waals surface area contributed by atoms with Crippen molar-refractivity contribution >= 4 is 33.8 Å². The van der Waals surface area contributed by atoms with Crippen molar-refractivity contribution in [2.24, 2.45) is 0 Å². The fraction of sp³-hybridized carbons (Fsp3) is 0.0833. The summed E-state index contributed by atoms with van der Waals surface area (Å²) >= 11 is 0. The van der Waals surface area contributed by atoms with E-state index in [1.807, 2.05) is 48.5 Å². The van der Waals surface area contributed by atoms with Gasteiger partial charge in [0.15, 0.2) is 11.5 Å². The molecule has 0 bridgehead atoms. The number of imidazole rings is 1. The minimum atomic E-state index is 0.0195. The van der Waals surface area contributed by atoms with E-state index in [1.165, 1.54) is 12.7 Å². The van der Waals surface area contributed by atoms with E-state index in [0.29, 0.717) is 17.0 Å². The number of anilines is 1. The van der Waals surface area contributed by atoms with Gasteiger partial charge in [-0.3, -0.25) is 9.36 Å². The highest BCUT2D eigenvalue weighted by molar-refractivity contribution is 5.90. The van der Waals surface area contributed by atoms with Crippen LogP contribution in [0.2, 0.25) is 0 Å². The topological polar surface area (TPSA) is 102 Å². The Morgan fingerprint density at radius 2 is 1.90 bits per heavy atom. The number of para-hydroxylation sites is 1. The fourth-order valence-electron chi connectivity index (χ4n) is 3.52. The molecule has 2 aromatic carbocycles. The molecule has 0 saturated heterocycles. The van der Waals surface area contributed by atoms with Gasteiger partial charge in [-0.15, -0.1) is 0 Å². The quantitative estimate of drug-likeness (QED) is 0.465. The number of nitrogens with one attached hydrogen (secondary N) is 1. The van der Waals surface area contributed by atoms with Gasteiger partial charge in [-0.2, -0.15) is 0 Å². The first kappa shape index (κ1) is 20.0. The fourth-order valence-corrected chi connectivity index (χ4v) is 3.52. The number of pyridine rings is 1. The van der Waals surface area contributed by atoms with Crippen molar-refractivity contribution in [2.45, 2.75) is 13.3 Å². The molecule has 0 spiro atoms. The van der Waals surface area contributed by atoms with Gasteiger partial charge in [0.2, 0.25) is 0 Å². The van der Waals surface area contributed by atoms with Crippen LogP contribution in [0.25, 0.3) is 33.7 Å². The third-order valence-corrected chi connectivity index (χ3v) is 5.00. The summed E-state index contributed by atoms with van der Waals surface area (Å²) < 4.78 is 1.80. The summed E-state index contributed by atoms with van der Waals surface area (Å²) in [6.07, 6.45) is 5.47. The Morgan fingerprint density at radius 3 is 2.61 bits per heavy atom. The lowest BCUT2D eigenvalue weighted by Crippen LogP contribution is -2.22. The van der Waals surface area contributed by atoms with Gasteiger partial charge in [-0.05, 0) is 35.6 Å². The molecule has 0 aliphatic carbocycles. The highest BCUT2D eigenvalue weighted by Crippen LogP contribution is 2.20. The zero-order valence-corrected chi connectivity index (χ0v) is 17.1. The Hall–Kier alpha value is -4.26. The van der Waals surface area contributed by atoms with E-state index in [4.69, 9.17) is 5.73 Å². The second-order valence-electron chi connectivity index (χ2n) is 6.84. The number of hydrogen-bond donors (Lipinski definition) is 2. The van der Waals surface area contributed by atoms with Crippen molar-refractivity contribution in [2.75, 3.05) is 5.73 Å². The Bertz CT molecular complexity index is 1420. The number of benzene rings is 2. The first-order chi connectivity index (χ1) is 15.1. The van der Waals surface area contributed by atoms with Crippen molar-refractivity contribution in [1.82, 2.24) is 24.5 Å². The molecule has 0 radical (unpaired) electrons. The van der Waals surface area contributed by atoms with Gasteiger partial charge in [-0.25, -0.2) is 15.0 Å². The van der Waals surface area contributed by atoms with Crippen molar-refractivity contribution < 1.29 is 0 Å². The number of aryl methyl sites for hydroxylation is 1. The second kappa shape index (κ2) is 8.62. The van der Waals surface area contributed by atoms with Crippen LogP contribution in [0.15, 0.2) is 78.6 Å². The van der Waals surface area contributed by atoms with Gasteiger partial charge in [0, 0.05) is 11.4 Å². The lowest BCUT2D eigenvalue weighted by Gasteiger charge is -2.14. The number of aromatic nitrogens is 5. The third-order valence-electron chi connectivity index (χ3n) is 5.00. The Balaban J connectivity index is 0.000000192. The molecule has 0 saturated carbocycles. The molecule has 0 atom stereocenters. The zero-order valence-electron chi connectivity index (χ0n) is 17.1. The number of nitrogens with two attached hydrogens (primary N) is 1. The van der Waals surface area contributed by atoms with E-state index in [-0.39, 0.29) is 5.56 Å². The number of nitrogen functional groups attached to an aromatic ring is 1. The molecule has 0 unspecified atom stereocenters. The minimum absolute atomic E-state index is 0.0195. The molecule has 0 aliphatic heterocycles. The molecule has 3 heterocycles. The Morgan fingerprint density at radius 1 is 1.10 bits per heavy atom. The van der Waals surface area contributed by atoms with Gasteiger partial charge in [0.1, 0.15) is 11.8 Å². The Kier molecular flexibility index (Phi) is 5.57. The molecule has 0 fully saturated rings.